The minimum atomic E-state index is -0.521. The highest BCUT2D eigenvalue weighted by Gasteiger charge is 2.23. The zero-order chi connectivity index (χ0) is 18.0. The molecule has 0 saturated carbocycles. The van der Waals surface area contributed by atoms with Crippen molar-refractivity contribution in [3.63, 3.8) is 0 Å². The molecule has 0 unspecified atom stereocenters. The minimum absolute atomic E-state index is 0.322. The third-order valence-electron chi connectivity index (χ3n) is 3.51. The lowest BCUT2D eigenvalue weighted by Crippen LogP contribution is -2.03. The average Bonchev–Trinajstić information content (AvgIpc) is 2.87. The van der Waals surface area contributed by atoms with E-state index >= 15 is 0 Å². The second-order valence-corrected chi connectivity index (χ2v) is 7.09. The smallest absolute Gasteiger partial charge is 0.367 e. The van der Waals surface area contributed by atoms with E-state index < -0.39 is 5.97 Å². The standard InChI is InChI=1S/C18H12BrCl2NO3/c1-10-15(18(23)25-22-10)7-12-6-14(20)8-16(21)17(12)24-9-11-2-4-13(19)5-3-11/h2-8H,9H2,1H3/b15-7-. The minimum Gasteiger partial charge on any atom is -0.487 e. The van der Waals surface area contributed by atoms with Crippen LogP contribution in [0.1, 0.15) is 18.1 Å². The number of halogens is 3. The summed E-state index contributed by atoms with van der Waals surface area (Å²) in [6, 6.07) is 11.0. The number of hydrogen-bond acceptors (Lipinski definition) is 4. The van der Waals surface area contributed by atoms with Crippen LogP contribution in [0.15, 0.2) is 51.6 Å². The van der Waals surface area contributed by atoms with Gasteiger partial charge in [0, 0.05) is 15.1 Å². The maximum absolute atomic E-state index is 11.8. The molecule has 0 radical (unpaired) electrons. The van der Waals surface area contributed by atoms with E-state index in [9.17, 15) is 4.79 Å². The second kappa shape index (κ2) is 7.60. The van der Waals surface area contributed by atoms with Crippen LogP contribution in [-0.2, 0) is 16.2 Å². The number of rotatable bonds is 4. The van der Waals surface area contributed by atoms with Crippen molar-refractivity contribution in [1.29, 1.82) is 0 Å². The predicted octanol–water partition coefficient (Wildman–Crippen LogP) is 5.65. The van der Waals surface area contributed by atoms with Gasteiger partial charge in [-0.3, -0.25) is 0 Å². The van der Waals surface area contributed by atoms with Gasteiger partial charge in [0.05, 0.1) is 16.3 Å². The molecule has 25 heavy (non-hydrogen) atoms. The van der Waals surface area contributed by atoms with E-state index in [1.807, 2.05) is 24.3 Å². The Bertz CT molecular complexity index is 892. The fourth-order valence-electron chi connectivity index (χ4n) is 2.25. The van der Waals surface area contributed by atoms with Crippen molar-refractivity contribution in [2.45, 2.75) is 13.5 Å². The van der Waals surface area contributed by atoms with Gasteiger partial charge in [-0.25, -0.2) is 4.79 Å². The molecule has 0 saturated heterocycles. The van der Waals surface area contributed by atoms with Crippen LogP contribution in [0.5, 0.6) is 5.75 Å². The lowest BCUT2D eigenvalue weighted by molar-refractivity contribution is -0.136. The molecule has 0 amide bonds. The van der Waals surface area contributed by atoms with Gasteiger partial charge < -0.3 is 9.57 Å². The fraction of sp³-hybridized carbons (Fsp3) is 0.111. The first kappa shape index (κ1) is 18.0. The molecule has 0 atom stereocenters. The van der Waals surface area contributed by atoms with E-state index in [4.69, 9.17) is 27.9 Å². The number of nitrogens with zero attached hydrogens (tertiary/aromatic N) is 1. The molecule has 1 aliphatic rings. The predicted molar refractivity (Wildman–Crippen MR) is 102 cm³/mol. The number of carbonyl (C=O) groups excluding carboxylic acids is 1. The summed E-state index contributed by atoms with van der Waals surface area (Å²) in [4.78, 5) is 16.4. The first-order valence-corrected chi connectivity index (χ1v) is 8.83. The van der Waals surface area contributed by atoms with Crippen LogP contribution >= 0.6 is 39.1 Å². The van der Waals surface area contributed by atoms with Crippen molar-refractivity contribution in [2.75, 3.05) is 0 Å². The van der Waals surface area contributed by atoms with Crippen LogP contribution in [0.25, 0.3) is 6.08 Å². The quantitative estimate of drug-likeness (QED) is 0.455. The normalized spacial score (nSPS) is 15.3. The largest absolute Gasteiger partial charge is 0.487 e. The van der Waals surface area contributed by atoms with Gasteiger partial charge in [0.2, 0.25) is 0 Å². The van der Waals surface area contributed by atoms with E-state index in [0.717, 1.165) is 10.0 Å². The lowest BCUT2D eigenvalue weighted by Gasteiger charge is -2.12. The summed E-state index contributed by atoms with van der Waals surface area (Å²) in [6.45, 7) is 2.01. The lowest BCUT2D eigenvalue weighted by atomic mass is 10.1. The number of ether oxygens (including phenoxy) is 1. The van der Waals surface area contributed by atoms with E-state index in [1.54, 1.807) is 25.1 Å². The van der Waals surface area contributed by atoms with Crippen molar-refractivity contribution in [1.82, 2.24) is 0 Å². The fourth-order valence-corrected chi connectivity index (χ4v) is 3.08. The number of oxime groups is 1. The summed E-state index contributed by atoms with van der Waals surface area (Å²) in [5.41, 5.74) is 2.38. The molecule has 3 rings (SSSR count). The Morgan fingerprint density at radius 3 is 2.60 bits per heavy atom. The highest BCUT2D eigenvalue weighted by atomic mass is 79.9. The van der Waals surface area contributed by atoms with Crippen LogP contribution in [0.3, 0.4) is 0 Å². The molecule has 128 valence electrons. The van der Waals surface area contributed by atoms with Gasteiger partial charge in [-0.2, -0.15) is 0 Å². The van der Waals surface area contributed by atoms with Gasteiger partial charge in [-0.05, 0) is 42.8 Å². The summed E-state index contributed by atoms with van der Waals surface area (Å²) in [5, 5.41) is 4.46. The first-order valence-electron chi connectivity index (χ1n) is 7.28. The van der Waals surface area contributed by atoms with E-state index in [0.29, 0.717) is 39.2 Å². The number of hydrogen-bond donors (Lipinski definition) is 0. The maximum Gasteiger partial charge on any atom is 0.367 e. The van der Waals surface area contributed by atoms with Gasteiger partial charge in [0.15, 0.2) is 0 Å². The molecule has 0 N–H and O–H groups in total. The molecular weight excluding hydrogens is 429 g/mol. The van der Waals surface area contributed by atoms with E-state index in [2.05, 4.69) is 25.9 Å². The summed E-state index contributed by atoms with van der Waals surface area (Å²) >= 11 is 15.8. The van der Waals surface area contributed by atoms with Crippen LogP contribution in [0.2, 0.25) is 10.0 Å². The van der Waals surface area contributed by atoms with Gasteiger partial charge >= 0.3 is 5.97 Å². The van der Waals surface area contributed by atoms with Gasteiger partial charge in [0.25, 0.3) is 0 Å². The van der Waals surface area contributed by atoms with Gasteiger partial charge in [0.1, 0.15) is 12.4 Å². The first-order chi connectivity index (χ1) is 11.9. The topological polar surface area (TPSA) is 47.9 Å². The Balaban J connectivity index is 1.93. The molecule has 0 aliphatic carbocycles. The zero-order valence-corrected chi connectivity index (χ0v) is 16.2. The summed E-state index contributed by atoms with van der Waals surface area (Å²) in [6.07, 6.45) is 1.61. The molecule has 1 aliphatic heterocycles. The van der Waals surface area contributed by atoms with Crippen molar-refractivity contribution in [2.24, 2.45) is 5.16 Å². The summed E-state index contributed by atoms with van der Waals surface area (Å²) in [7, 11) is 0. The molecular formula is C18H12BrCl2NO3. The molecule has 7 heteroatoms. The van der Waals surface area contributed by atoms with Crippen molar-refractivity contribution < 1.29 is 14.4 Å². The Hall–Kier alpha value is -1.82. The van der Waals surface area contributed by atoms with Crippen molar-refractivity contribution >= 4 is 56.9 Å². The average molecular weight is 441 g/mol. The molecule has 2 aromatic rings. The van der Waals surface area contributed by atoms with Gasteiger partial charge in [-0.1, -0.05) is 56.4 Å². The maximum atomic E-state index is 11.8. The number of benzene rings is 2. The Morgan fingerprint density at radius 2 is 1.96 bits per heavy atom. The Kier molecular flexibility index (Phi) is 5.47. The molecule has 0 spiro atoms. The second-order valence-electron chi connectivity index (χ2n) is 5.33. The molecule has 1 heterocycles. The summed E-state index contributed by atoms with van der Waals surface area (Å²) < 4.78 is 6.87. The van der Waals surface area contributed by atoms with Crippen LogP contribution < -0.4 is 4.74 Å². The van der Waals surface area contributed by atoms with Crippen molar-refractivity contribution in [3.8, 4) is 5.75 Å². The summed E-state index contributed by atoms with van der Waals surface area (Å²) in [5.74, 6) is -0.0820. The molecule has 0 bridgehead atoms. The highest BCUT2D eigenvalue weighted by molar-refractivity contribution is 9.10. The molecule has 0 fully saturated rings. The monoisotopic (exact) mass is 439 g/mol. The van der Waals surface area contributed by atoms with Crippen LogP contribution in [-0.4, -0.2) is 11.7 Å². The van der Waals surface area contributed by atoms with Crippen LogP contribution in [0, 0.1) is 0 Å². The van der Waals surface area contributed by atoms with Crippen molar-refractivity contribution in [3.05, 3.63) is 67.6 Å². The Morgan fingerprint density at radius 1 is 1.24 bits per heavy atom. The molecule has 2 aromatic carbocycles. The third kappa shape index (κ3) is 4.24. The third-order valence-corrected chi connectivity index (χ3v) is 4.54. The zero-order valence-electron chi connectivity index (χ0n) is 13.1. The highest BCUT2D eigenvalue weighted by Crippen LogP contribution is 2.35. The Labute approximate surface area is 163 Å². The van der Waals surface area contributed by atoms with E-state index in [-0.39, 0.29) is 0 Å². The molecule has 4 nitrogen and oxygen atoms in total. The number of carbonyl (C=O) groups is 1. The van der Waals surface area contributed by atoms with Gasteiger partial charge in [-0.15, -0.1) is 0 Å². The van der Waals surface area contributed by atoms with E-state index in [1.165, 1.54) is 0 Å². The van der Waals surface area contributed by atoms with Crippen LogP contribution in [0.4, 0.5) is 0 Å². The SMILES string of the molecule is CC1=NOC(=O)/C1=C\c1cc(Cl)cc(Cl)c1OCc1ccc(Br)cc1. The molecule has 0 aromatic heterocycles.